The van der Waals surface area contributed by atoms with Crippen molar-refractivity contribution in [2.75, 3.05) is 50.1 Å². The van der Waals surface area contributed by atoms with Crippen molar-refractivity contribution in [3.05, 3.63) is 70.5 Å². The average Bonchev–Trinajstić information content (AvgIpc) is 3.34. The summed E-state index contributed by atoms with van der Waals surface area (Å²) in [5, 5.41) is 17.9. The van der Waals surface area contributed by atoms with Crippen molar-refractivity contribution in [2.24, 2.45) is 0 Å². The van der Waals surface area contributed by atoms with Gasteiger partial charge in [0, 0.05) is 50.1 Å². The molecule has 0 unspecified atom stereocenters. The number of hydrogen-bond donors (Lipinski definition) is 1. The quantitative estimate of drug-likeness (QED) is 0.467. The number of carbonyl (C=O) groups excluding carboxylic acids is 1. The Kier molecular flexibility index (Phi) is 6.04. The Labute approximate surface area is 185 Å². The molecule has 10 nitrogen and oxygen atoms in total. The van der Waals surface area contributed by atoms with Crippen molar-refractivity contribution in [1.82, 2.24) is 15.1 Å². The predicted molar refractivity (Wildman–Crippen MR) is 121 cm³/mol. The van der Waals surface area contributed by atoms with Crippen LogP contribution in [0.5, 0.6) is 5.75 Å². The molecule has 0 atom stereocenters. The highest BCUT2D eigenvalue weighted by Gasteiger charge is 2.25. The van der Waals surface area contributed by atoms with Crippen molar-refractivity contribution < 1.29 is 14.5 Å². The Bertz CT molecular complexity index is 1110. The molecule has 1 fully saturated rings. The number of carbonyl (C=O) groups is 1. The second kappa shape index (κ2) is 9.06. The highest BCUT2D eigenvalue weighted by molar-refractivity contribution is 6.11. The first-order valence-corrected chi connectivity index (χ1v) is 10.2. The number of benzene rings is 2. The summed E-state index contributed by atoms with van der Waals surface area (Å²) in [6.45, 7) is 3.51. The summed E-state index contributed by atoms with van der Waals surface area (Å²) < 4.78 is 5.59. The lowest BCUT2D eigenvalue weighted by Crippen LogP contribution is -2.44. The van der Waals surface area contributed by atoms with E-state index >= 15 is 0 Å². The normalized spacial score (nSPS) is 14.2. The Morgan fingerprint density at radius 1 is 1.16 bits per heavy atom. The lowest BCUT2D eigenvalue weighted by molar-refractivity contribution is -0.384. The van der Waals surface area contributed by atoms with Crippen molar-refractivity contribution in [2.45, 2.75) is 0 Å². The number of rotatable bonds is 6. The van der Waals surface area contributed by atoms with Gasteiger partial charge >= 0.3 is 0 Å². The van der Waals surface area contributed by atoms with Crippen LogP contribution in [-0.2, 0) is 0 Å². The number of nitro benzene ring substituents is 1. The first kappa shape index (κ1) is 21.3. The number of methoxy groups -OCH3 is 1. The summed E-state index contributed by atoms with van der Waals surface area (Å²) in [6.07, 6.45) is 3.14. The molecule has 0 aliphatic carbocycles. The average molecular weight is 436 g/mol. The van der Waals surface area contributed by atoms with Gasteiger partial charge in [-0.05, 0) is 31.3 Å². The molecule has 0 radical (unpaired) electrons. The molecule has 1 N–H and O–H groups in total. The highest BCUT2D eigenvalue weighted by atomic mass is 16.6. The van der Waals surface area contributed by atoms with Crippen LogP contribution in [0, 0.1) is 10.1 Å². The van der Waals surface area contributed by atoms with Crippen LogP contribution in [-0.4, -0.2) is 66.3 Å². The first-order chi connectivity index (χ1) is 15.5. The topological polar surface area (TPSA) is 108 Å². The number of hydrogen-bond acceptors (Lipinski definition) is 7. The van der Waals surface area contributed by atoms with Crippen LogP contribution in [0.2, 0.25) is 0 Å². The SMILES string of the molecule is COc1ccc(N(C(=O)c2cccc([N+](=O)[O-])c2)c2cn[nH]c2)cc1N1CCN(C)CC1. The Balaban J connectivity index is 1.76. The van der Waals surface area contributed by atoms with E-state index in [1.165, 1.54) is 29.3 Å². The van der Waals surface area contributed by atoms with Crippen LogP contribution in [0.1, 0.15) is 10.4 Å². The van der Waals surface area contributed by atoms with Gasteiger partial charge in [0.1, 0.15) is 5.75 Å². The number of likely N-dealkylation sites (N-methyl/N-ethyl adjacent to an activating group) is 1. The lowest BCUT2D eigenvalue weighted by Gasteiger charge is -2.35. The number of H-pyrrole nitrogens is 1. The third-order valence-corrected chi connectivity index (χ3v) is 5.51. The maximum atomic E-state index is 13.5. The van der Waals surface area contributed by atoms with Gasteiger partial charge in [-0.3, -0.25) is 24.9 Å². The molecule has 32 heavy (non-hydrogen) atoms. The third kappa shape index (κ3) is 4.26. The minimum Gasteiger partial charge on any atom is -0.495 e. The molecule has 1 saturated heterocycles. The van der Waals surface area contributed by atoms with Crippen molar-refractivity contribution >= 4 is 28.7 Å². The van der Waals surface area contributed by atoms with Crippen LogP contribution in [0.4, 0.5) is 22.7 Å². The van der Waals surface area contributed by atoms with E-state index in [2.05, 4.69) is 27.0 Å². The fraction of sp³-hybridized carbons (Fsp3) is 0.273. The van der Waals surface area contributed by atoms with Gasteiger partial charge in [-0.2, -0.15) is 5.10 Å². The fourth-order valence-electron chi connectivity index (χ4n) is 3.74. The Morgan fingerprint density at radius 2 is 1.94 bits per heavy atom. The molecular weight excluding hydrogens is 412 g/mol. The van der Waals surface area contributed by atoms with Gasteiger partial charge in [0.25, 0.3) is 11.6 Å². The first-order valence-electron chi connectivity index (χ1n) is 10.2. The zero-order valence-corrected chi connectivity index (χ0v) is 17.9. The van der Waals surface area contributed by atoms with E-state index in [0.717, 1.165) is 31.9 Å². The fourth-order valence-corrected chi connectivity index (χ4v) is 3.74. The van der Waals surface area contributed by atoms with Gasteiger partial charge in [-0.1, -0.05) is 6.07 Å². The summed E-state index contributed by atoms with van der Waals surface area (Å²) in [5.74, 6) is 0.317. The van der Waals surface area contributed by atoms with Crippen molar-refractivity contribution in [3.8, 4) is 5.75 Å². The molecular formula is C22H24N6O4. The number of amides is 1. The van der Waals surface area contributed by atoms with E-state index in [1.807, 2.05) is 12.1 Å². The monoisotopic (exact) mass is 436 g/mol. The standard InChI is InChI=1S/C22H24N6O4/c1-25-8-10-26(11-9-25)20-13-17(6-7-21(20)32-2)27(19-14-23-24-15-19)22(29)16-4-3-5-18(12-16)28(30)31/h3-7,12-15H,8-11H2,1-2H3,(H,23,24). The predicted octanol–water partition coefficient (Wildman–Crippen LogP) is 3.06. The van der Waals surface area contributed by atoms with E-state index in [9.17, 15) is 14.9 Å². The molecule has 10 heteroatoms. The Morgan fingerprint density at radius 3 is 2.59 bits per heavy atom. The van der Waals surface area contributed by atoms with E-state index in [4.69, 9.17) is 4.74 Å². The van der Waals surface area contributed by atoms with Crippen molar-refractivity contribution in [3.63, 3.8) is 0 Å². The zero-order chi connectivity index (χ0) is 22.7. The maximum Gasteiger partial charge on any atom is 0.270 e. The molecule has 0 bridgehead atoms. The molecule has 166 valence electrons. The van der Waals surface area contributed by atoms with E-state index in [0.29, 0.717) is 17.1 Å². The molecule has 1 aliphatic heterocycles. The zero-order valence-electron chi connectivity index (χ0n) is 17.9. The van der Waals surface area contributed by atoms with Gasteiger partial charge in [0.2, 0.25) is 0 Å². The molecule has 1 aliphatic rings. The summed E-state index contributed by atoms with van der Waals surface area (Å²) >= 11 is 0. The van der Waals surface area contributed by atoms with Crippen LogP contribution >= 0.6 is 0 Å². The van der Waals surface area contributed by atoms with E-state index < -0.39 is 10.8 Å². The second-order valence-corrected chi connectivity index (χ2v) is 7.55. The van der Waals surface area contributed by atoms with Crippen molar-refractivity contribution in [1.29, 1.82) is 0 Å². The molecule has 0 saturated carbocycles. The minimum atomic E-state index is -0.516. The number of non-ortho nitro benzene ring substituents is 1. The van der Waals surface area contributed by atoms with E-state index in [-0.39, 0.29) is 11.3 Å². The molecule has 1 aromatic heterocycles. The smallest absolute Gasteiger partial charge is 0.270 e. The summed E-state index contributed by atoms with van der Waals surface area (Å²) in [5.41, 5.74) is 2.08. The number of nitrogens with one attached hydrogen (secondary N) is 1. The molecule has 2 heterocycles. The molecule has 1 amide bonds. The lowest BCUT2D eigenvalue weighted by atomic mass is 10.1. The third-order valence-electron chi connectivity index (χ3n) is 5.51. The van der Waals surface area contributed by atoms with Gasteiger partial charge in [0.15, 0.2) is 0 Å². The molecule has 2 aromatic carbocycles. The molecule has 0 spiro atoms. The van der Waals surface area contributed by atoms with Gasteiger partial charge in [-0.15, -0.1) is 0 Å². The molecule has 3 aromatic rings. The van der Waals surface area contributed by atoms with Gasteiger partial charge in [-0.25, -0.2) is 0 Å². The largest absolute Gasteiger partial charge is 0.495 e. The van der Waals surface area contributed by atoms with Crippen LogP contribution in [0.3, 0.4) is 0 Å². The number of aromatic amines is 1. The van der Waals surface area contributed by atoms with Crippen LogP contribution < -0.4 is 14.5 Å². The van der Waals surface area contributed by atoms with Gasteiger partial charge < -0.3 is 14.5 Å². The Hall–Kier alpha value is -3.92. The van der Waals surface area contributed by atoms with Gasteiger partial charge in [0.05, 0.1) is 35.3 Å². The summed E-state index contributed by atoms with van der Waals surface area (Å²) in [6, 6.07) is 11.2. The number of anilines is 3. The number of ether oxygens (including phenoxy) is 1. The van der Waals surface area contributed by atoms with Crippen LogP contribution in [0.15, 0.2) is 54.9 Å². The number of piperazine rings is 1. The second-order valence-electron chi connectivity index (χ2n) is 7.55. The summed E-state index contributed by atoms with van der Waals surface area (Å²) in [4.78, 5) is 30.2. The number of nitro groups is 1. The molecule has 4 rings (SSSR count). The maximum absolute atomic E-state index is 13.5. The van der Waals surface area contributed by atoms with E-state index in [1.54, 1.807) is 25.4 Å². The summed E-state index contributed by atoms with van der Waals surface area (Å²) in [7, 11) is 3.71. The highest BCUT2D eigenvalue weighted by Crippen LogP contribution is 2.36. The number of nitrogens with zero attached hydrogens (tertiary/aromatic N) is 5. The minimum absolute atomic E-state index is 0.143. The number of aromatic nitrogens is 2. The van der Waals surface area contributed by atoms with Crippen LogP contribution in [0.25, 0.3) is 0 Å².